The molecule has 0 saturated heterocycles. The number of para-hydroxylation sites is 5. The van der Waals surface area contributed by atoms with Gasteiger partial charge in [0.1, 0.15) is 0 Å². The zero-order chi connectivity index (χ0) is 49.4. The smallest absolute Gasteiger partial charge is 0.0720 e. The highest BCUT2D eigenvalue weighted by atomic mass is 15.1. The molecule has 0 fully saturated rings. The van der Waals surface area contributed by atoms with Gasteiger partial charge in [-0.2, -0.15) is 0 Å². The normalized spacial score (nSPS) is 15.0. The van der Waals surface area contributed by atoms with E-state index in [1.54, 1.807) is 0 Å². The topological polar surface area (TPSA) is 11.4 Å². The minimum Gasteiger partial charge on any atom is -0.310 e. The van der Waals surface area contributed by atoms with Gasteiger partial charge in [0.15, 0.2) is 0 Å². The second kappa shape index (κ2) is 16.2. The number of anilines is 6. The molecule has 1 aromatic heterocycles. The molecule has 3 nitrogen and oxygen atoms in total. The molecule has 0 bridgehead atoms. The molecule has 0 amide bonds. The van der Waals surface area contributed by atoms with E-state index in [9.17, 15) is 5.48 Å². The summed E-state index contributed by atoms with van der Waals surface area (Å²) in [6, 6.07) is 82.1. The fourth-order valence-corrected chi connectivity index (χ4v) is 10.8. The van der Waals surface area contributed by atoms with Gasteiger partial charge in [0.05, 0.1) is 23.3 Å². The van der Waals surface area contributed by atoms with Gasteiger partial charge in [0.25, 0.3) is 0 Å². The Bertz CT molecular complexity index is 4040. The quantitative estimate of drug-likeness (QED) is 0.143. The first-order valence-electron chi connectivity index (χ1n) is 25.5. The summed E-state index contributed by atoms with van der Waals surface area (Å²) >= 11 is 0. The Morgan fingerprint density at radius 1 is 0.353 bits per heavy atom. The largest absolute Gasteiger partial charge is 0.310 e. The number of fused-ring (bicyclic) bond motifs is 7. The molecule has 68 heavy (non-hydrogen) atoms. The molecule has 0 N–H and O–H groups in total. The molecule has 11 aromatic carbocycles. The molecule has 0 radical (unpaired) electrons. The van der Waals surface area contributed by atoms with E-state index in [4.69, 9.17) is 1.37 Å². The van der Waals surface area contributed by atoms with E-state index in [0.717, 1.165) is 100 Å². The van der Waals surface area contributed by atoms with Crippen molar-refractivity contribution in [2.75, 3.05) is 9.80 Å². The summed E-state index contributed by atoms with van der Waals surface area (Å²) in [5.74, 6) is 0. The van der Waals surface area contributed by atoms with E-state index in [0.29, 0.717) is 0 Å². The molecule has 0 spiro atoms. The van der Waals surface area contributed by atoms with Crippen LogP contribution < -0.4 is 9.80 Å². The highest BCUT2D eigenvalue weighted by molar-refractivity contribution is 6.13. The molecule has 13 rings (SSSR count). The van der Waals surface area contributed by atoms with Crippen LogP contribution in [-0.4, -0.2) is 4.57 Å². The SMILES string of the molecule is [2H]c1c([2H])c([2H])c(C2(c3cccc4c3c3ccccc3n4-c3ccccc3)c3ccc(N(c4ccccc4)c4ccccc4)cc3-c3cc(N(c4ccccc4)c4ccc5ccccc5c4)ccc32)c([2H])c1[2H]. The zero-order valence-corrected chi connectivity index (χ0v) is 36.9. The third-order valence-corrected chi connectivity index (χ3v) is 13.6. The standard InChI is InChI=1S/C65H45N3/c1-6-23-48(24-7-1)65(61-34-20-36-63-64(61)56-33-18-19-35-62(56)68(63)52-31-14-5-15-32-52)59-41-39-54(66(49-25-8-2-9-26-49)50-27-10-3-11-28-50)44-57(59)58-45-55(40-42-60(58)65)67(51-29-12-4-13-30-51)53-38-37-46-21-16-17-22-47(46)43-53/h1-45H/i1D,6D,7D,23D,24D. The number of hydrogen-bond acceptors (Lipinski definition) is 2. The molecule has 12 aromatic rings. The average molecular weight is 873 g/mol. The monoisotopic (exact) mass is 872 g/mol. The molecular formula is C65H45N3. The van der Waals surface area contributed by atoms with Crippen LogP contribution in [0.15, 0.2) is 273 Å². The van der Waals surface area contributed by atoms with Crippen LogP contribution in [0.25, 0.3) is 49.4 Å². The number of rotatable bonds is 9. The second-order valence-electron chi connectivity index (χ2n) is 17.3. The van der Waals surface area contributed by atoms with E-state index in [2.05, 4.69) is 184 Å². The van der Waals surface area contributed by atoms with Crippen molar-refractivity contribution in [1.82, 2.24) is 4.57 Å². The number of nitrogens with zero attached hydrogens (tertiary/aromatic N) is 3. The van der Waals surface area contributed by atoms with Crippen LogP contribution in [-0.2, 0) is 5.41 Å². The lowest BCUT2D eigenvalue weighted by Gasteiger charge is -2.35. The van der Waals surface area contributed by atoms with E-state index in [-0.39, 0.29) is 29.7 Å². The van der Waals surface area contributed by atoms with Crippen LogP contribution >= 0.6 is 0 Å². The van der Waals surface area contributed by atoms with Crippen LogP contribution in [0.1, 0.15) is 29.1 Å². The molecule has 1 aliphatic rings. The Morgan fingerprint density at radius 2 is 0.838 bits per heavy atom. The first-order valence-corrected chi connectivity index (χ1v) is 23.0. The van der Waals surface area contributed by atoms with Crippen molar-refractivity contribution in [2.45, 2.75) is 5.41 Å². The van der Waals surface area contributed by atoms with E-state index >= 15 is 0 Å². The average Bonchev–Trinajstić information content (AvgIpc) is 3.93. The highest BCUT2D eigenvalue weighted by Crippen LogP contribution is 2.60. The molecule has 1 aliphatic carbocycles. The van der Waals surface area contributed by atoms with Crippen molar-refractivity contribution >= 4 is 66.7 Å². The van der Waals surface area contributed by atoms with Crippen LogP contribution in [0.5, 0.6) is 0 Å². The van der Waals surface area contributed by atoms with E-state index < -0.39 is 11.5 Å². The van der Waals surface area contributed by atoms with Gasteiger partial charge in [-0.1, -0.05) is 176 Å². The fourth-order valence-electron chi connectivity index (χ4n) is 10.8. The highest BCUT2D eigenvalue weighted by Gasteiger charge is 2.48. The molecule has 0 aliphatic heterocycles. The summed E-state index contributed by atoms with van der Waals surface area (Å²) < 4.78 is 49.9. The summed E-state index contributed by atoms with van der Waals surface area (Å²) in [6.45, 7) is 0. The molecular weight excluding hydrogens is 823 g/mol. The first-order chi connectivity index (χ1) is 35.8. The summed E-state index contributed by atoms with van der Waals surface area (Å²) in [6.07, 6.45) is 0. The lowest BCUT2D eigenvalue weighted by molar-refractivity contribution is 0.777. The van der Waals surface area contributed by atoms with Crippen LogP contribution in [0, 0.1) is 0 Å². The maximum atomic E-state index is 10.0. The summed E-state index contributed by atoms with van der Waals surface area (Å²) in [5.41, 5.74) is 11.6. The lowest BCUT2D eigenvalue weighted by atomic mass is 9.66. The number of benzene rings is 11. The molecule has 1 atom stereocenters. The molecule has 320 valence electrons. The van der Waals surface area contributed by atoms with Gasteiger partial charge in [-0.25, -0.2) is 0 Å². The first kappa shape index (κ1) is 34.4. The maximum Gasteiger partial charge on any atom is 0.0720 e. The molecule has 1 heterocycles. The summed E-state index contributed by atoms with van der Waals surface area (Å²) in [5, 5.41) is 4.17. The Hall–Kier alpha value is -8.92. The van der Waals surface area contributed by atoms with Gasteiger partial charge in [-0.15, -0.1) is 0 Å². The molecule has 1 unspecified atom stereocenters. The summed E-state index contributed by atoms with van der Waals surface area (Å²) in [4.78, 5) is 4.52. The second-order valence-corrected chi connectivity index (χ2v) is 17.3. The Morgan fingerprint density at radius 3 is 1.46 bits per heavy atom. The van der Waals surface area contributed by atoms with Gasteiger partial charge in [0, 0.05) is 50.6 Å². The van der Waals surface area contributed by atoms with Gasteiger partial charge < -0.3 is 14.4 Å². The van der Waals surface area contributed by atoms with Crippen molar-refractivity contribution in [1.29, 1.82) is 0 Å². The van der Waals surface area contributed by atoms with Gasteiger partial charge >= 0.3 is 0 Å². The Labute approximate surface area is 403 Å². The van der Waals surface area contributed by atoms with Crippen LogP contribution in [0.4, 0.5) is 34.1 Å². The fraction of sp³-hybridized carbons (Fsp3) is 0.0154. The van der Waals surface area contributed by atoms with Crippen LogP contribution in [0.3, 0.4) is 0 Å². The van der Waals surface area contributed by atoms with Gasteiger partial charge in [-0.3, -0.25) is 0 Å². The molecule has 0 saturated carbocycles. The Kier molecular flexibility index (Phi) is 8.20. The lowest BCUT2D eigenvalue weighted by Crippen LogP contribution is -2.29. The number of aromatic nitrogens is 1. The van der Waals surface area contributed by atoms with Gasteiger partial charge in [-0.05, 0) is 141 Å². The molecule has 3 heteroatoms. The predicted octanol–water partition coefficient (Wildman–Crippen LogP) is 17.2. The third kappa shape index (κ3) is 6.21. The van der Waals surface area contributed by atoms with Crippen LogP contribution in [0.2, 0.25) is 0 Å². The minimum absolute atomic E-state index is 0.195. The summed E-state index contributed by atoms with van der Waals surface area (Å²) in [7, 11) is 0. The van der Waals surface area contributed by atoms with Gasteiger partial charge in [0.2, 0.25) is 0 Å². The zero-order valence-electron chi connectivity index (χ0n) is 41.9. The van der Waals surface area contributed by atoms with Crippen molar-refractivity contribution in [3.8, 4) is 16.8 Å². The van der Waals surface area contributed by atoms with E-state index in [1.165, 1.54) is 0 Å². The van der Waals surface area contributed by atoms with Crippen molar-refractivity contribution in [2.24, 2.45) is 0 Å². The predicted molar refractivity (Wildman–Crippen MR) is 285 cm³/mol. The van der Waals surface area contributed by atoms with Crippen molar-refractivity contribution in [3.63, 3.8) is 0 Å². The van der Waals surface area contributed by atoms with Crippen molar-refractivity contribution < 1.29 is 6.85 Å². The van der Waals surface area contributed by atoms with E-state index in [1.807, 2.05) is 72.8 Å². The maximum absolute atomic E-state index is 10.0. The Balaban J connectivity index is 1.19. The minimum atomic E-state index is -1.44. The van der Waals surface area contributed by atoms with Crippen molar-refractivity contribution in [3.05, 3.63) is 295 Å². The number of hydrogen-bond donors (Lipinski definition) is 0. The third-order valence-electron chi connectivity index (χ3n) is 13.6.